The van der Waals surface area contributed by atoms with Crippen molar-refractivity contribution in [3.63, 3.8) is 0 Å². The number of thiocarbonyl (C=S) groups is 1. The molecule has 0 amide bonds. The smallest absolute Gasteiger partial charge is 0.171 e. The predicted octanol–water partition coefficient (Wildman–Crippen LogP) is 5.11. The van der Waals surface area contributed by atoms with E-state index < -0.39 is 0 Å². The van der Waals surface area contributed by atoms with Crippen molar-refractivity contribution in [1.82, 2.24) is 5.32 Å². The molecule has 2 aromatic carbocycles. The fourth-order valence-electron chi connectivity index (χ4n) is 2.09. The minimum absolute atomic E-state index is 0.132. The summed E-state index contributed by atoms with van der Waals surface area (Å²) in [7, 11) is 0. The van der Waals surface area contributed by atoms with Crippen LogP contribution in [0.25, 0.3) is 0 Å². The highest BCUT2D eigenvalue weighted by atomic mass is 79.9. The van der Waals surface area contributed by atoms with Gasteiger partial charge in [-0.15, -0.1) is 0 Å². The first-order valence-electron chi connectivity index (χ1n) is 6.86. The van der Waals surface area contributed by atoms with Gasteiger partial charge in [-0.3, -0.25) is 0 Å². The van der Waals surface area contributed by atoms with E-state index in [2.05, 4.69) is 65.5 Å². The minimum Gasteiger partial charge on any atom is -0.356 e. The molecule has 0 bridgehead atoms. The number of hydrogen-bond donors (Lipinski definition) is 2. The Bertz CT molecular complexity index is 655. The van der Waals surface area contributed by atoms with E-state index in [1.54, 1.807) is 0 Å². The summed E-state index contributed by atoms with van der Waals surface area (Å²) in [4.78, 5) is 0. The zero-order valence-electron chi connectivity index (χ0n) is 12.4. The average Bonchev–Trinajstić information content (AvgIpc) is 2.43. The number of benzene rings is 2. The molecule has 2 rings (SSSR count). The third-order valence-corrected chi connectivity index (χ3v) is 4.43. The molecule has 0 heterocycles. The van der Waals surface area contributed by atoms with Crippen molar-refractivity contribution in [2.24, 2.45) is 0 Å². The second-order valence-electron chi connectivity index (χ2n) is 5.14. The standard InChI is InChI=1S/C17H19BrN2S/c1-11-8-9-14(10-12(11)2)20-17(21)19-13(3)15-6-4-5-7-16(15)18/h4-10,13H,1-3H3,(H2,19,20,21)/t13-/m0/s1. The van der Waals surface area contributed by atoms with Crippen molar-refractivity contribution in [2.75, 3.05) is 5.32 Å². The molecule has 0 aliphatic carbocycles. The molecule has 21 heavy (non-hydrogen) atoms. The lowest BCUT2D eigenvalue weighted by Gasteiger charge is -2.19. The molecule has 0 spiro atoms. The monoisotopic (exact) mass is 362 g/mol. The van der Waals surface area contributed by atoms with E-state index >= 15 is 0 Å². The molecule has 0 aliphatic heterocycles. The van der Waals surface area contributed by atoms with Crippen LogP contribution in [0.2, 0.25) is 0 Å². The van der Waals surface area contributed by atoms with Crippen molar-refractivity contribution in [3.05, 3.63) is 63.6 Å². The molecule has 0 fully saturated rings. The Morgan fingerprint density at radius 3 is 2.48 bits per heavy atom. The third-order valence-electron chi connectivity index (χ3n) is 3.48. The van der Waals surface area contributed by atoms with Crippen LogP contribution in [0.5, 0.6) is 0 Å². The van der Waals surface area contributed by atoms with Gasteiger partial charge in [-0.05, 0) is 67.9 Å². The maximum absolute atomic E-state index is 5.39. The summed E-state index contributed by atoms with van der Waals surface area (Å²) in [6, 6.07) is 14.5. The summed E-state index contributed by atoms with van der Waals surface area (Å²) in [5.74, 6) is 0. The molecule has 2 nitrogen and oxygen atoms in total. The Kier molecular flexibility index (Phi) is 5.37. The van der Waals surface area contributed by atoms with Gasteiger partial charge >= 0.3 is 0 Å². The van der Waals surface area contributed by atoms with Crippen molar-refractivity contribution >= 4 is 38.9 Å². The maximum Gasteiger partial charge on any atom is 0.171 e. The Balaban J connectivity index is 2.01. The molecule has 2 aromatic rings. The molecule has 1 atom stereocenters. The molecule has 0 saturated heterocycles. The van der Waals surface area contributed by atoms with E-state index in [0.29, 0.717) is 5.11 Å². The molecule has 0 unspecified atom stereocenters. The summed E-state index contributed by atoms with van der Waals surface area (Å²) < 4.78 is 1.08. The van der Waals surface area contributed by atoms with E-state index in [1.165, 1.54) is 16.7 Å². The maximum atomic E-state index is 5.39. The second-order valence-corrected chi connectivity index (χ2v) is 6.40. The lowest BCUT2D eigenvalue weighted by atomic mass is 10.1. The van der Waals surface area contributed by atoms with Gasteiger partial charge < -0.3 is 10.6 Å². The van der Waals surface area contributed by atoms with E-state index in [0.717, 1.165) is 10.2 Å². The zero-order valence-corrected chi connectivity index (χ0v) is 14.8. The van der Waals surface area contributed by atoms with Gasteiger partial charge in [0.1, 0.15) is 0 Å². The molecule has 0 radical (unpaired) electrons. The van der Waals surface area contributed by atoms with Crippen LogP contribution in [-0.2, 0) is 0 Å². The number of aryl methyl sites for hydroxylation is 2. The predicted molar refractivity (Wildman–Crippen MR) is 97.8 cm³/mol. The van der Waals surface area contributed by atoms with Crippen molar-refractivity contribution in [2.45, 2.75) is 26.8 Å². The second kappa shape index (κ2) is 7.05. The third kappa shape index (κ3) is 4.29. The first-order valence-corrected chi connectivity index (χ1v) is 8.06. The van der Waals surface area contributed by atoms with Crippen LogP contribution in [0.15, 0.2) is 46.9 Å². The normalized spacial score (nSPS) is 11.8. The molecular formula is C17H19BrN2S. The highest BCUT2D eigenvalue weighted by Gasteiger charge is 2.10. The van der Waals surface area contributed by atoms with Crippen molar-refractivity contribution < 1.29 is 0 Å². The number of halogens is 1. The summed E-state index contributed by atoms with van der Waals surface area (Å²) >= 11 is 8.96. The first-order chi connectivity index (χ1) is 9.97. The fraction of sp³-hybridized carbons (Fsp3) is 0.235. The molecule has 0 aliphatic rings. The minimum atomic E-state index is 0.132. The largest absolute Gasteiger partial charge is 0.356 e. The van der Waals surface area contributed by atoms with Crippen molar-refractivity contribution in [3.8, 4) is 0 Å². The van der Waals surface area contributed by atoms with Crippen LogP contribution in [-0.4, -0.2) is 5.11 Å². The number of hydrogen-bond acceptors (Lipinski definition) is 1. The van der Waals surface area contributed by atoms with Gasteiger partial charge in [-0.1, -0.05) is 40.2 Å². The van der Waals surface area contributed by atoms with Gasteiger partial charge in [0.05, 0.1) is 6.04 Å². The Morgan fingerprint density at radius 1 is 1.10 bits per heavy atom. The first kappa shape index (κ1) is 16.0. The fourth-order valence-corrected chi connectivity index (χ4v) is 3.01. The van der Waals surface area contributed by atoms with E-state index in [9.17, 15) is 0 Å². The Hall–Kier alpha value is -1.39. The van der Waals surface area contributed by atoms with Crippen LogP contribution in [0, 0.1) is 13.8 Å². The quantitative estimate of drug-likeness (QED) is 0.741. The summed E-state index contributed by atoms with van der Waals surface area (Å²) in [6.45, 7) is 6.29. The molecule has 0 aromatic heterocycles. The van der Waals surface area contributed by atoms with Gasteiger partial charge in [-0.2, -0.15) is 0 Å². The SMILES string of the molecule is Cc1ccc(NC(=S)N[C@@H](C)c2ccccc2Br)cc1C. The summed E-state index contributed by atoms with van der Waals surface area (Å²) in [5, 5.41) is 7.17. The van der Waals surface area contributed by atoms with Crippen LogP contribution in [0.1, 0.15) is 29.7 Å². The summed E-state index contributed by atoms with van der Waals surface area (Å²) in [5.41, 5.74) is 4.72. The number of anilines is 1. The van der Waals surface area contributed by atoms with Crippen LogP contribution >= 0.6 is 28.1 Å². The molecule has 2 N–H and O–H groups in total. The van der Waals surface area contributed by atoms with Crippen LogP contribution in [0.3, 0.4) is 0 Å². The van der Waals surface area contributed by atoms with Crippen LogP contribution < -0.4 is 10.6 Å². The van der Waals surface area contributed by atoms with Gasteiger partial charge in [0.2, 0.25) is 0 Å². The molecular weight excluding hydrogens is 344 g/mol. The number of rotatable bonds is 3. The van der Waals surface area contributed by atoms with E-state index in [1.807, 2.05) is 24.3 Å². The Labute approximate surface area is 140 Å². The van der Waals surface area contributed by atoms with Gasteiger partial charge in [0.25, 0.3) is 0 Å². The topological polar surface area (TPSA) is 24.1 Å². The highest BCUT2D eigenvalue weighted by molar-refractivity contribution is 9.10. The molecule has 110 valence electrons. The lowest BCUT2D eigenvalue weighted by Crippen LogP contribution is -2.31. The van der Waals surface area contributed by atoms with E-state index in [-0.39, 0.29) is 6.04 Å². The van der Waals surface area contributed by atoms with Crippen molar-refractivity contribution in [1.29, 1.82) is 0 Å². The Morgan fingerprint density at radius 2 is 1.81 bits per heavy atom. The molecule has 0 saturated carbocycles. The van der Waals surface area contributed by atoms with Crippen LogP contribution in [0.4, 0.5) is 5.69 Å². The van der Waals surface area contributed by atoms with Gasteiger partial charge in [0, 0.05) is 10.2 Å². The molecule has 4 heteroatoms. The zero-order chi connectivity index (χ0) is 15.4. The van der Waals surface area contributed by atoms with Gasteiger partial charge in [0.15, 0.2) is 5.11 Å². The van der Waals surface area contributed by atoms with E-state index in [4.69, 9.17) is 12.2 Å². The number of nitrogens with one attached hydrogen (secondary N) is 2. The van der Waals surface area contributed by atoms with Gasteiger partial charge in [-0.25, -0.2) is 0 Å². The highest BCUT2D eigenvalue weighted by Crippen LogP contribution is 2.23. The lowest BCUT2D eigenvalue weighted by molar-refractivity contribution is 0.719. The average molecular weight is 363 g/mol. The summed E-state index contributed by atoms with van der Waals surface area (Å²) in [6.07, 6.45) is 0.